The number of amides is 1. The Bertz CT molecular complexity index is 1400. The highest BCUT2D eigenvalue weighted by Gasteiger charge is 2.39. The van der Waals surface area contributed by atoms with E-state index in [1.54, 1.807) is 24.3 Å². The van der Waals surface area contributed by atoms with Gasteiger partial charge in [-0.3, -0.25) is 4.79 Å². The van der Waals surface area contributed by atoms with Crippen LogP contribution >= 0.6 is 0 Å². The van der Waals surface area contributed by atoms with Gasteiger partial charge in [-0.25, -0.2) is 4.79 Å². The number of aliphatic carboxylic acids is 1. The Balaban J connectivity index is 1.92. The fraction of sp³-hybridized carbons (Fsp3) is 0.364. The van der Waals surface area contributed by atoms with Crippen LogP contribution in [0, 0.1) is 0 Å². The maximum absolute atomic E-state index is 13.9. The van der Waals surface area contributed by atoms with E-state index in [9.17, 15) is 14.7 Å². The fourth-order valence-corrected chi connectivity index (χ4v) is 5.09. The van der Waals surface area contributed by atoms with Crippen molar-refractivity contribution in [2.45, 2.75) is 53.0 Å². The summed E-state index contributed by atoms with van der Waals surface area (Å²) in [4.78, 5) is 27.3. The van der Waals surface area contributed by atoms with Gasteiger partial charge in [0.1, 0.15) is 0 Å². The van der Waals surface area contributed by atoms with Gasteiger partial charge in [-0.2, -0.15) is 0 Å². The molecule has 3 aliphatic rings. The topological polar surface area (TPSA) is 94.5 Å². The molecule has 1 saturated heterocycles. The van der Waals surface area contributed by atoms with E-state index in [0.717, 1.165) is 22.4 Å². The lowest BCUT2D eigenvalue weighted by Gasteiger charge is -2.40. The molecule has 41 heavy (non-hydrogen) atoms. The van der Waals surface area contributed by atoms with Crippen LogP contribution in [-0.2, 0) is 19.1 Å². The van der Waals surface area contributed by atoms with Crippen LogP contribution in [0.25, 0.3) is 0 Å². The van der Waals surface area contributed by atoms with Crippen molar-refractivity contribution in [3.8, 4) is 11.5 Å². The number of rotatable bonds is 11. The zero-order valence-corrected chi connectivity index (χ0v) is 24.1. The first-order chi connectivity index (χ1) is 19.9. The van der Waals surface area contributed by atoms with Crippen molar-refractivity contribution >= 4 is 11.9 Å². The smallest absolute Gasteiger partial charge is 0.335 e. The van der Waals surface area contributed by atoms with Crippen LogP contribution < -0.4 is 9.47 Å². The van der Waals surface area contributed by atoms with Gasteiger partial charge in [0.15, 0.2) is 23.0 Å². The first-order valence-corrected chi connectivity index (χ1v) is 14.1. The zero-order valence-electron chi connectivity index (χ0n) is 24.1. The summed E-state index contributed by atoms with van der Waals surface area (Å²) < 4.78 is 23.6. The molecule has 1 heterocycles. The van der Waals surface area contributed by atoms with Crippen LogP contribution in [0.2, 0.25) is 0 Å². The van der Waals surface area contributed by atoms with Crippen molar-refractivity contribution in [2.75, 3.05) is 26.4 Å². The largest absolute Gasteiger partial charge is 0.490 e. The van der Waals surface area contributed by atoms with Crippen molar-refractivity contribution in [1.82, 2.24) is 4.90 Å². The Morgan fingerprint density at radius 1 is 0.976 bits per heavy atom. The monoisotopic (exact) mass is 559 g/mol. The molecule has 216 valence electrons. The number of hydrogen-bond donors (Lipinski definition) is 1. The summed E-state index contributed by atoms with van der Waals surface area (Å²) in [5.41, 5.74) is 6.78. The highest BCUT2D eigenvalue weighted by molar-refractivity contribution is 5.90. The van der Waals surface area contributed by atoms with E-state index in [4.69, 9.17) is 18.9 Å². The average molecular weight is 560 g/mol. The van der Waals surface area contributed by atoms with Crippen LogP contribution in [-0.4, -0.2) is 48.3 Å². The molecule has 8 nitrogen and oxygen atoms in total. The Hall–Kier alpha value is -4.42. The standard InChI is InChI=1S/C33H37NO7/c1-5-38-27-18-16-24(19-29(27)40-7-3)32-26-21-30(41-8-4)28(39-6-2)17-15-23(26)20-31(35)34(32)25-13-9-11-22(33(36)37)12-10-14-25/h9,11-12,14,16-19,21,32H,5-8,10,13,20H2,1-4H3,(H,36,37)/b11-9?,22-12+,25-14+. The van der Waals surface area contributed by atoms with E-state index < -0.39 is 12.0 Å². The summed E-state index contributed by atoms with van der Waals surface area (Å²) in [6, 6.07) is 5.22. The summed E-state index contributed by atoms with van der Waals surface area (Å²) >= 11 is 0. The number of carbonyl (C=O) groups excluding carboxylic acids is 1. The Labute approximate surface area is 241 Å². The minimum Gasteiger partial charge on any atom is -0.490 e. The lowest BCUT2D eigenvalue weighted by Crippen LogP contribution is -2.40. The maximum atomic E-state index is 13.9. The minimum atomic E-state index is -0.978. The first-order valence-electron chi connectivity index (χ1n) is 14.1. The number of ether oxygens (including phenoxy) is 4. The van der Waals surface area contributed by atoms with E-state index in [0.29, 0.717) is 62.3 Å². The van der Waals surface area contributed by atoms with E-state index >= 15 is 0 Å². The molecule has 1 aliphatic heterocycles. The van der Waals surface area contributed by atoms with E-state index in [1.807, 2.05) is 62.9 Å². The third-order valence-corrected chi connectivity index (χ3v) is 6.76. The maximum Gasteiger partial charge on any atom is 0.335 e. The number of nitrogens with zero attached hydrogens (tertiary/aromatic N) is 1. The second-order valence-corrected chi connectivity index (χ2v) is 9.38. The van der Waals surface area contributed by atoms with E-state index in [1.165, 1.54) is 0 Å². The van der Waals surface area contributed by atoms with Gasteiger partial charge in [0.2, 0.25) is 5.91 Å². The van der Waals surface area contributed by atoms with Crippen LogP contribution in [0.4, 0.5) is 0 Å². The lowest BCUT2D eigenvalue weighted by molar-refractivity contribution is -0.132. The third kappa shape index (κ3) is 6.67. The molecule has 0 aromatic heterocycles. The molecule has 0 bridgehead atoms. The van der Waals surface area contributed by atoms with Gasteiger partial charge in [-0.05, 0) is 63.5 Å². The molecule has 0 spiro atoms. The second kappa shape index (κ2) is 13.8. The number of fused-ring (bicyclic) bond motifs is 1. The average Bonchev–Trinajstić information content (AvgIpc) is 3.09. The van der Waals surface area contributed by atoms with Crippen LogP contribution in [0.5, 0.6) is 11.5 Å². The molecule has 2 aliphatic carbocycles. The SMILES string of the molecule is CCOC1=C(OCC)C=C2C(=C=C1)CC(=O)N(/C1=C/C/C=C(/C(=O)O)C=CC1)C2c1ccc(OCC)c(OCC)c1. The number of carboxylic acid groups (broad SMARTS) is 1. The molecule has 1 amide bonds. The van der Waals surface area contributed by atoms with Crippen molar-refractivity contribution in [1.29, 1.82) is 0 Å². The summed E-state index contributed by atoms with van der Waals surface area (Å²) in [6.07, 6.45) is 11.5. The van der Waals surface area contributed by atoms with Gasteiger partial charge in [-0.1, -0.05) is 30.4 Å². The molecule has 8 heteroatoms. The van der Waals surface area contributed by atoms with Crippen LogP contribution in [0.1, 0.15) is 58.6 Å². The lowest BCUT2D eigenvalue weighted by atomic mass is 9.84. The van der Waals surface area contributed by atoms with Crippen LogP contribution in [0.3, 0.4) is 0 Å². The highest BCUT2D eigenvalue weighted by atomic mass is 16.5. The van der Waals surface area contributed by atoms with Crippen molar-refractivity contribution < 1.29 is 33.6 Å². The van der Waals surface area contributed by atoms with E-state index in [2.05, 4.69) is 5.73 Å². The van der Waals surface area contributed by atoms with Gasteiger partial charge in [-0.15, -0.1) is 5.73 Å². The van der Waals surface area contributed by atoms with Gasteiger partial charge in [0.25, 0.3) is 0 Å². The number of carboxylic acids is 1. The Morgan fingerprint density at radius 3 is 2.39 bits per heavy atom. The molecular formula is C33H37NO7. The second-order valence-electron chi connectivity index (χ2n) is 9.38. The van der Waals surface area contributed by atoms with Gasteiger partial charge in [0.05, 0.1) is 44.5 Å². The third-order valence-electron chi connectivity index (χ3n) is 6.76. The molecule has 1 N–H and O–H groups in total. The Kier molecular flexibility index (Phi) is 9.93. The summed E-state index contributed by atoms with van der Waals surface area (Å²) in [5.74, 6) is 1.29. The fourth-order valence-electron chi connectivity index (χ4n) is 5.09. The minimum absolute atomic E-state index is 0.0876. The zero-order chi connectivity index (χ0) is 29.4. The number of likely N-dealkylation sites (tertiary alicyclic amines) is 1. The molecule has 1 unspecified atom stereocenters. The molecule has 4 rings (SSSR count). The first kappa shape index (κ1) is 29.6. The normalized spacial score (nSPS) is 21.2. The molecule has 1 aromatic rings. The van der Waals surface area contributed by atoms with Crippen LogP contribution in [0.15, 0.2) is 94.3 Å². The highest BCUT2D eigenvalue weighted by Crippen LogP contribution is 2.45. The molecular weight excluding hydrogens is 522 g/mol. The molecule has 1 fully saturated rings. The summed E-state index contributed by atoms with van der Waals surface area (Å²) in [6.45, 7) is 9.50. The Morgan fingerprint density at radius 2 is 1.68 bits per heavy atom. The van der Waals surface area contributed by atoms with Crippen molar-refractivity contribution in [3.05, 3.63) is 99.9 Å². The quantitative estimate of drug-likeness (QED) is 0.318. The molecule has 1 aromatic carbocycles. The predicted molar refractivity (Wildman–Crippen MR) is 155 cm³/mol. The van der Waals surface area contributed by atoms with Gasteiger partial charge >= 0.3 is 5.97 Å². The number of piperidine rings is 1. The number of benzene rings is 1. The molecule has 0 saturated carbocycles. The number of carbonyl (C=O) groups is 2. The van der Waals surface area contributed by atoms with E-state index in [-0.39, 0.29) is 17.9 Å². The molecule has 1 atom stereocenters. The van der Waals surface area contributed by atoms with Gasteiger partial charge < -0.3 is 29.0 Å². The molecule has 0 radical (unpaired) electrons. The number of hydrogen-bond acceptors (Lipinski definition) is 6. The van der Waals surface area contributed by atoms with Crippen molar-refractivity contribution in [3.63, 3.8) is 0 Å². The van der Waals surface area contributed by atoms with Crippen molar-refractivity contribution in [2.24, 2.45) is 0 Å². The summed E-state index contributed by atoms with van der Waals surface area (Å²) in [7, 11) is 0. The summed E-state index contributed by atoms with van der Waals surface area (Å²) in [5, 5.41) is 9.44. The number of allylic oxidation sites excluding steroid dienone is 5. The predicted octanol–water partition coefficient (Wildman–Crippen LogP) is 6.31. The van der Waals surface area contributed by atoms with Gasteiger partial charge in [0, 0.05) is 23.8 Å².